The molecule has 1 atom stereocenters. The van der Waals surface area contributed by atoms with Crippen LogP contribution in [0.3, 0.4) is 0 Å². The van der Waals surface area contributed by atoms with Crippen LogP contribution in [0.1, 0.15) is 44.3 Å². The minimum absolute atomic E-state index is 0.129. The van der Waals surface area contributed by atoms with E-state index in [1.807, 2.05) is 74.5 Å². The highest BCUT2D eigenvalue weighted by atomic mass is 32.2. The molecule has 0 saturated carbocycles. The van der Waals surface area contributed by atoms with Gasteiger partial charge in [0.25, 0.3) is 10.0 Å². The lowest BCUT2D eigenvalue weighted by Crippen LogP contribution is -2.27. The summed E-state index contributed by atoms with van der Waals surface area (Å²) in [5.74, 6) is 0.850. The number of aryl methyl sites for hydroxylation is 2. The van der Waals surface area contributed by atoms with Gasteiger partial charge in [-0.25, -0.2) is 13.2 Å². The molecule has 0 spiro atoms. The number of hydrogen-bond donors (Lipinski definition) is 3. The molecular weight excluding hydrogens is 641 g/mol. The summed E-state index contributed by atoms with van der Waals surface area (Å²) < 4.78 is 46.1. The quantitative estimate of drug-likeness (QED) is 0.104. The Morgan fingerprint density at radius 1 is 0.918 bits per heavy atom. The molecule has 1 aliphatic rings. The van der Waals surface area contributed by atoms with Crippen LogP contribution < -0.4 is 19.5 Å². The predicted octanol–water partition coefficient (Wildman–Crippen LogP) is 6.72. The fraction of sp³-hybridized carbons (Fsp3) is 0.205. The molecule has 0 saturated heterocycles. The summed E-state index contributed by atoms with van der Waals surface area (Å²) >= 11 is 0. The summed E-state index contributed by atoms with van der Waals surface area (Å²) in [6.45, 7) is 5.49. The number of fused-ring (bicyclic) bond motifs is 4. The zero-order valence-corrected chi connectivity index (χ0v) is 28.1. The molecule has 3 N–H and O–H groups in total. The van der Waals surface area contributed by atoms with Crippen LogP contribution in [0.2, 0.25) is 0 Å². The highest BCUT2D eigenvalue weighted by Crippen LogP contribution is 2.33. The first kappa shape index (κ1) is 33.7. The number of rotatable bonds is 11. The summed E-state index contributed by atoms with van der Waals surface area (Å²) in [4.78, 5) is 12.7. The van der Waals surface area contributed by atoms with Crippen LogP contribution >= 0.6 is 0 Å². The van der Waals surface area contributed by atoms with Crippen molar-refractivity contribution in [1.82, 2.24) is 5.32 Å². The van der Waals surface area contributed by atoms with Gasteiger partial charge in [0, 0.05) is 24.7 Å². The van der Waals surface area contributed by atoms with Crippen LogP contribution in [0.5, 0.6) is 11.5 Å². The largest absolute Gasteiger partial charge is 0.492 e. The van der Waals surface area contributed by atoms with Crippen molar-refractivity contribution in [2.75, 3.05) is 24.4 Å². The number of nitrogens with one attached hydrogen (secondary N) is 2. The van der Waals surface area contributed by atoms with E-state index in [2.05, 4.69) is 10.0 Å². The smallest absolute Gasteiger partial charge is 0.338 e. The normalized spacial score (nSPS) is 13.8. The SMILES string of the molecule is Cc1cc(OCCNCC(O)c2ccc3cc2NS(=O)(=O)c2cccc(c2)CO3)cc(C)c1-c1ccc(C(=O)OCc2ccccc2)cc1. The van der Waals surface area contributed by atoms with Crippen LogP contribution in [-0.2, 0) is 28.0 Å². The van der Waals surface area contributed by atoms with Crippen molar-refractivity contribution < 1.29 is 32.5 Å². The van der Waals surface area contributed by atoms with E-state index in [0.717, 1.165) is 39.1 Å². The van der Waals surface area contributed by atoms with E-state index >= 15 is 0 Å². The lowest BCUT2D eigenvalue weighted by atomic mass is 9.95. The first-order valence-electron chi connectivity index (χ1n) is 16.0. The van der Waals surface area contributed by atoms with E-state index in [-0.39, 0.29) is 36.3 Å². The molecular formula is C39H38N2O7S. The van der Waals surface area contributed by atoms with Crippen molar-refractivity contribution in [1.29, 1.82) is 0 Å². The van der Waals surface area contributed by atoms with Gasteiger partial charge in [-0.2, -0.15) is 0 Å². The first-order valence-corrected chi connectivity index (χ1v) is 17.5. The number of hydrogen-bond acceptors (Lipinski definition) is 8. The maximum Gasteiger partial charge on any atom is 0.338 e. The Morgan fingerprint density at radius 2 is 1.67 bits per heavy atom. The minimum atomic E-state index is -3.85. The second-order valence-corrected chi connectivity index (χ2v) is 13.6. The average molecular weight is 679 g/mol. The molecule has 1 heterocycles. The number of aliphatic hydroxyl groups excluding tert-OH is 1. The Bertz CT molecular complexity index is 2030. The van der Waals surface area contributed by atoms with E-state index in [1.165, 1.54) is 6.07 Å². The highest BCUT2D eigenvalue weighted by Gasteiger charge is 2.22. The second-order valence-electron chi connectivity index (χ2n) is 11.9. The van der Waals surface area contributed by atoms with Crippen molar-refractivity contribution in [3.63, 3.8) is 0 Å². The number of carbonyl (C=O) groups is 1. The third kappa shape index (κ3) is 8.29. The summed E-state index contributed by atoms with van der Waals surface area (Å²) in [7, 11) is -3.85. The van der Waals surface area contributed by atoms with Crippen LogP contribution in [0.4, 0.5) is 5.69 Å². The van der Waals surface area contributed by atoms with Crippen molar-refractivity contribution >= 4 is 21.7 Å². The third-order valence-electron chi connectivity index (χ3n) is 8.26. The number of benzene rings is 5. The van der Waals surface area contributed by atoms with E-state index in [9.17, 15) is 18.3 Å². The molecule has 5 aromatic carbocycles. The van der Waals surface area contributed by atoms with Gasteiger partial charge < -0.3 is 24.6 Å². The Morgan fingerprint density at radius 3 is 2.43 bits per heavy atom. The van der Waals surface area contributed by atoms with Crippen LogP contribution in [0.25, 0.3) is 11.1 Å². The van der Waals surface area contributed by atoms with Gasteiger partial charge in [-0.15, -0.1) is 0 Å². The van der Waals surface area contributed by atoms with E-state index in [0.29, 0.717) is 30.0 Å². The standard InChI is InChI=1S/C39H38N2O7S/c1-26-19-33(20-27(2)38(26)30-11-13-31(14-12-30)39(43)48-24-28-7-4-3-5-8-28)46-18-17-40-23-37(42)35-16-15-32-22-36(35)41-49(44,45)34-10-6-9-29(21-34)25-47-32/h3-16,19-22,37,40-42H,17-18,23-25H2,1-2H3. The second kappa shape index (κ2) is 14.9. The summed E-state index contributed by atoms with van der Waals surface area (Å²) in [6.07, 6.45) is -0.984. The number of aliphatic hydroxyl groups is 1. The van der Waals surface area contributed by atoms with Crippen molar-refractivity contribution in [2.24, 2.45) is 0 Å². The van der Waals surface area contributed by atoms with Crippen LogP contribution in [-0.4, -0.2) is 39.2 Å². The topological polar surface area (TPSA) is 123 Å². The Labute approximate surface area is 286 Å². The van der Waals surface area contributed by atoms with Gasteiger partial charge >= 0.3 is 5.97 Å². The van der Waals surface area contributed by atoms with Crippen LogP contribution in [0.15, 0.2) is 114 Å². The minimum Gasteiger partial charge on any atom is -0.492 e. The molecule has 9 nitrogen and oxygen atoms in total. The molecule has 10 heteroatoms. The lowest BCUT2D eigenvalue weighted by Gasteiger charge is -2.20. The lowest BCUT2D eigenvalue weighted by molar-refractivity contribution is 0.0472. The first-order chi connectivity index (χ1) is 23.7. The fourth-order valence-electron chi connectivity index (χ4n) is 5.81. The van der Waals surface area contributed by atoms with Gasteiger partial charge in [-0.3, -0.25) is 4.72 Å². The van der Waals surface area contributed by atoms with Crippen molar-refractivity contribution in [2.45, 2.75) is 38.1 Å². The Hall–Kier alpha value is -5.16. The van der Waals surface area contributed by atoms with E-state index < -0.39 is 16.1 Å². The summed E-state index contributed by atoms with van der Waals surface area (Å²) in [5.41, 5.74) is 6.99. The third-order valence-corrected chi connectivity index (χ3v) is 9.62. The Balaban J connectivity index is 1.01. The van der Waals surface area contributed by atoms with Gasteiger partial charge in [0.1, 0.15) is 31.3 Å². The number of carbonyl (C=O) groups excluding carboxylic acids is 1. The molecule has 0 aliphatic carbocycles. The molecule has 0 fully saturated rings. The van der Waals surface area contributed by atoms with Gasteiger partial charge in [-0.05, 0) is 89.7 Å². The molecule has 252 valence electrons. The molecule has 5 aromatic rings. The van der Waals surface area contributed by atoms with Gasteiger partial charge in [0.05, 0.1) is 22.3 Å². The number of anilines is 1. The summed E-state index contributed by atoms with van der Waals surface area (Å²) in [6, 6.07) is 32.5. The number of ether oxygens (including phenoxy) is 3. The van der Waals surface area contributed by atoms with Gasteiger partial charge in [0.2, 0.25) is 0 Å². The highest BCUT2D eigenvalue weighted by molar-refractivity contribution is 7.92. The van der Waals surface area contributed by atoms with E-state index in [1.54, 1.807) is 42.5 Å². The summed E-state index contributed by atoms with van der Waals surface area (Å²) in [5, 5.41) is 14.2. The molecule has 4 bridgehead atoms. The predicted molar refractivity (Wildman–Crippen MR) is 188 cm³/mol. The monoisotopic (exact) mass is 678 g/mol. The molecule has 0 amide bonds. The maximum absolute atomic E-state index is 13.1. The zero-order chi connectivity index (χ0) is 34.4. The van der Waals surface area contributed by atoms with E-state index in [4.69, 9.17) is 14.2 Å². The van der Waals surface area contributed by atoms with Crippen LogP contribution in [0, 0.1) is 13.8 Å². The molecule has 49 heavy (non-hydrogen) atoms. The number of esters is 1. The van der Waals surface area contributed by atoms with Gasteiger partial charge in [-0.1, -0.05) is 60.7 Å². The maximum atomic E-state index is 13.1. The van der Waals surface area contributed by atoms with Gasteiger partial charge in [0.15, 0.2) is 0 Å². The Kier molecular flexibility index (Phi) is 10.3. The molecule has 1 unspecified atom stereocenters. The fourth-order valence-corrected chi connectivity index (χ4v) is 6.96. The molecule has 0 aromatic heterocycles. The molecule has 6 rings (SSSR count). The van der Waals surface area contributed by atoms with Crippen molar-refractivity contribution in [3.8, 4) is 22.6 Å². The average Bonchev–Trinajstić information content (AvgIpc) is 3.09. The van der Waals surface area contributed by atoms with Crippen molar-refractivity contribution in [3.05, 3.63) is 143 Å². The molecule has 0 radical (unpaired) electrons. The molecule has 1 aliphatic heterocycles. The zero-order valence-electron chi connectivity index (χ0n) is 27.3. The number of sulfonamides is 1.